The van der Waals surface area contributed by atoms with Gasteiger partial charge in [-0.15, -0.1) is 0 Å². The Labute approximate surface area is 97.7 Å². The Hall–Kier alpha value is -1.25. The highest BCUT2D eigenvalue weighted by molar-refractivity contribution is 5.64. The maximum absolute atomic E-state index is 6.06. The van der Waals surface area contributed by atoms with Gasteiger partial charge >= 0.3 is 0 Å². The number of nitrogens with two attached hydrogens (primary N) is 1. The van der Waals surface area contributed by atoms with Crippen molar-refractivity contribution < 1.29 is 0 Å². The van der Waals surface area contributed by atoms with Gasteiger partial charge in [0.05, 0.1) is 5.69 Å². The van der Waals surface area contributed by atoms with Gasteiger partial charge in [-0.1, -0.05) is 13.8 Å². The minimum atomic E-state index is 0.595. The Morgan fingerprint density at radius 2 is 2.25 bits per heavy atom. The van der Waals surface area contributed by atoms with E-state index in [1.165, 1.54) is 12.8 Å². The molecule has 3 heteroatoms. The summed E-state index contributed by atoms with van der Waals surface area (Å²) in [5, 5.41) is 0. The lowest BCUT2D eigenvalue weighted by Gasteiger charge is -2.29. The molecule has 3 nitrogen and oxygen atoms in total. The molecule has 2 N–H and O–H groups in total. The highest BCUT2D eigenvalue weighted by Gasteiger charge is 2.29. The first-order chi connectivity index (χ1) is 7.59. The van der Waals surface area contributed by atoms with Crippen LogP contribution in [0.1, 0.15) is 32.3 Å². The Kier molecular flexibility index (Phi) is 3.03. The summed E-state index contributed by atoms with van der Waals surface area (Å²) < 4.78 is 0. The Balaban J connectivity index is 2.29. The van der Waals surface area contributed by atoms with Crippen LogP contribution in [0, 0.1) is 12.8 Å². The molecule has 0 radical (unpaired) electrons. The van der Waals surface area contributed by atoms with Gasteiger partial charge < -0.3 is 10.6 Å². The zero-order valence-corrected chi connectivity index (χ0v) is 10.4. The van der Waals surface area contributed by atoms with Crippen LogP contribution in [-0.2, 0) is 0 Å². The molecule has 1 fully saturated rings. The van der Waals surface area contributed by atoms with E-state index in [9.17, 15) is 0 Å². The summed E-state index contributed by atoms with van der Waals surface area (Å²) >= 11 is 0. The number of pyridine rings is 1. The molecule has 0 amide bonds. The van der Waals surface area contributed by atoms with E-state index in [-0.39, 0.29) is 0 Å². The second kappa shape index (κ2) is 4.32. The number of nitrogen functional groups attached to an aromatic ring is 1. The minimum Gasteiger partial charge on any atom is -0.396 e. The van der Waals surface area contributed by atoms with E-state index in [1.54, 1.807) is 0 Å². The van der Waals surface area contributed by atoms with Crippen LogP contribution in [0.4, 0.5) is 11.5 Å². The summed E-state index contributed by atoms with van der Waals surface area (Å²) in [5.41, 5.74) is 8.00. The second-order valence-corrected chi connectivity index (χ2v) is 5.07. The summed E-state index contributed by atoms with van der Waals surface area (Å²) in [7, 11) is 0. The van der Waals surface area contributed by atoms with Crippen LogP contribution in [0.15, 0.2) is 12.3 Å². The van der Waals surface area contributed by atoms with E-state index in [4.69, 9.17) is 5.73 Å². The molecule has 1 atom stereocenters. The SMILES string of the molecule is Cc1cnc(N2CCCC2C(C)C)c(N)c1. The largest absolute Gasteiger partial charge is 0.396 e. The molecule has 16 heavy (non-hydrogen) atoms. The zero-order valence-electron chi connectivity index (χ0n) is 10.4. The van der Waals surface area contributed by atoms with Gasteiger partial charge in [-0.3, -0.25) is 0 Å². The number of hydrogen-bond acceptors (Lipinski definition) is 3. The molecule has 1 aromatic rings. The number of hydrogen-bond donors (Lipinski definition) is 1. The molecule has 1 aliphatic heterocycles. The van der Waals surface area contributed by atoms with Crippen molar-refractivity contribution in [1.82, 2.24) is 4.98 Å². The second-order valence-electron chi connectivity index (χ2n) is 5.07. The predicted octanol–water partition coefficient (Wildman–Crippen LogP) is 2.60. The van der Waals surface area contributed by atoms with E-state index in [0.29, 0.717) is 12.0 Å². The van der Waals surface area contributed by atoms with Crippen molar-refractivity contribution in [3.05, 3.63) is 17.8 Å². The first-order valence-electron chi connectivity index (χ1n) is 6.08. The standard InChI is InChI=1S/C13H21N3/c1-9(2)12-5-4-6-16(12)13-11(14)7-10(3)8-15-13/h7-9,12H,4-6,14H2,1-3H3. The predicted molar refractivity (Wildman–Crippen MR) is 68.6 cm³/mol. The summed E-state index contributed by atoms with van der Waals surface area (Å²) in [5.74, 6) is 1.63. The third-order valence-corrected chi connectivity index (χ3v) is 3.37. The molecule has 2 heterocycles. The fraction of sp³-hybridized carbons (Fsp3) is 0.615. The van der Waals surface area contributed by atoms with Gasteiger partial charge in [-0.25, -0.2) is 4.98 Å². The highest BCUT2D eigenvalue weighted by Crippen LogP contribution is 2.31. The van der Waals surface area contributed by atoms with E-state index >= 15 is 0 Å². The molecular weight excluding hydrogens is 198 g/mol. The van der Waals surface area contributed by atoms with E-state index in [1.807, 2.05) is 19.2 Å². The van der Waals surface area contributed by atoms with Crippen LogP contribution in [0.25, 0.3) is 0 Å². The van der Waals surface area contributed by atoms with Gasteiger partial charge in [0.25, 0.3) is 0 Å². The number of rotatable bonds is 2. The fourth-order valence-electron chi connectivity index (χ4n) is 2.57. The summed E-state index contributed by atoms with van der Waals surface area (Å²) in [6.45, 7) is 7.65. The number of anilines is 2. The number of aromatic nitrogens is 1. The molecule has 0 aliphatic carbocycles. The quantitative estimate of drug-likeness (QED) is 0.831. The zero-order chi connectivity index (χ0) is 11.7. The third-order valence-electron chi connectivity index (χ3n) is 3.37. The highest BCUT2D eigenvalue weighted by atomic mass is 15.2. The van der Waals surface area contributed by atoms with E-state index in [2.05, 4.69) is 23.7 Å². The number of nitrogens with zero attached hydrogens (tertiary/aromatic N) is 2. The first kappa shape index (κ1) is 11.2. The van der Waals surface area contributed by atoms with Crippen molar-refractivity contribution in [3.63, 3.8) is 0 Å². The van der Waals surface area contributed by atoms with Crippen molar-refractivity contribution in [2.24, 2.45) is 5.92 Å². The van der Waals surface area contributed by atoms with Gasteiger partial charge in [0.2, 0.25) is 0 Å². The van der Waals surface area contributed by atoms with E-state index < -0.39 is 0 Å². The van der Waals surface area contributed by atoms with Crippen molar-refractivity contribution in [2.75, 3.05) is 17.2 Å². The minimum absolute atomic E-state index is 0.595. The average molecular weight is 219 g/mol. The van der Waals surface area contributed by atoms with Crippen LogP contribution < -0.4 is 10.6 Å². The molecule has 1 unspecified atom stereocenters. The van der Waals surface area contributed by atoms with Gasteiger partial charge in [0.1, 0.15) is 0 Å². The van der Waals surface area contributed by atoms with Crippen molar-refractivity contribution >= 4 is 11.5 Å². The third kappa shape index (κ3) is 1.99. The Morgan fingerprint density at radius 1 is 1.50 bits per heavy atom. The van der Waals surface area contributed by atoms with Crippen molar-refractivity contribution in [3.8, 4) is 0 Å². The molecule has 2 rings (SSSR count). The summed E-state index contributed by atoms with van der Waals surface area (Å²) in [4.78, 5) is 6.87. The topological polar surface area (TPSA) is 42.2 Å². The lowest BCUT2D eigenvalue weighted by molar-refractivity contribution is 0.490. The molecule has 0 spiro atoms. The lowest BCUT2D eigenvalue weighted by atomic mass is 10.0. The van der Waals surface area contributed by atoms with Crippen LogP contribution >= 0.6 is 0 Å². The van der Waals surface area contributed by atoms with Gasteiger partial charge in [-0.2, -0.15) is 0 Å². The van der Waals surface area contributed by atoms with Crippen molar-refractivity contribution in [2.45, 2.75) is 39.7 Å². The molecule has 0 aromatic carbocycles. The fourth-order valence-corrected chi connectivity index (χ4v) is 2.57. The molecular formula is C13H21N3. The number of aryl methyl sites for hydroxylation is 1. The summed E-state index contributed by atoms with van der Waals surface area (Å²) in [6, 6.07) is 2.61. The average Bonchev–Trinajstić information content (AvgIpc) is 2.66. The molecule has 0 saturated carbocycles. The van der Waals surface area contributed by atoms with Gasteiger partial charge in [0.15, 0.2) is 5.82 Å². The van der Waals surface area contributed by atoms with Gasteiger partial charge in [-0.05, 0) is 37.3 Å². The molecule has 1 saturated heterocycles. The normalized spacial score (nSPS) is 20.8. The maximum atomic E-state index is 6.06. The Bertz CT molecular complexity index is 373. The molecule has 88 valence electrons. The monoisotopic (exact) mass is 219 g/mol. The van der Waals surface area contributed by atoms with Crippen LogP contribution in [-0.4, -0.2) is 17.6 Å². The molecule has 1 aliphatic rings. The van der Waals surface area contributed by atoms with E-state index in [0.717, 1.165) is 23.6 Å². The van der Waals surface area contributed by atoms with Crippen LogP contribution in [0.5, 0.6) is 0 Å². The summed E-state index contributed by atoms with van der Waals surface area (Å²) in [6.07, 6.45) is 4.41. The smallest absolute Gasteiger partial charge is 0.152 e. The van der Waals surface area contributed by atoms with Crippen molar-refractivity contribution in [1.29, 1.82) is 0 Å². The van der Waals surface area contributed by atoms with Gasteiger partial charge in [0, 0.05) is 18.8 Å². The lowest BCUT2D eigenvalue weighted by Crippen LogP contribution is -2.34. The maximum Gasteiger partial charge on any atom is 0.152 e. The molecule has 1 aromatic heterocycles. The van der Waals surface area contributed by atoms with Crippen LogP contribution in [0.2, 0.25) is 0 Å². The molecule has 0 bridgehead atoms. The Morgan fingerprint density at radius 3 is 2.88 bits per heavy atom. The first-order valence-corrected chi connectivity index (χ1v) is 6.08. The van der Waals surface area contributed by atoms with Crippen LogP contribution in [0.3, 0.4) is 0 Å².